The number of carbonyl (C=O) groups excluding carboxylic acids is 3. The van der Waals surface area contributed by atoms with Gasteiger partial charge in [-0.1, -0.05) is 0 Å². The van der Waals surface area contributed by atoms with Crippen LogP contribution in [0.3, 0.4) is 0 Å². The zero-order chi connectivity index (χ0) is 24.5. The summed E-state index contributed by atoms with van der Waals surface area (Å²) in [5, 5.41) is 3.20. The average Bonchev–Trinajstić information content (AvgIpc) is 3.46. The van der Waals surface area contributed by atoms with E-state index in [2.05, 4.69) is 21.1 Å². The number of carbonyl (C=O) groups is 3. The summed E-state index contributed by atoms with van der Waals surface area (Å²) in [5.74, 6) is -1.36. The molecule has 0 saturated carbocycles. The average molecular weight is 506 g/mol. The maximum absolute atomic E-state index is 13.0. The fourth-order valence-corrected chi connectivity index (χ4v) is 6.94. The molecular weight excluding hydrogens is 478 g/mol. The van der Waals surface area contributed by atoms with Crippen molar-refractivity contribution in [2.45, 2.75) is 37.6 Å². The van der Waals surface area contributed by atoms with Crippen LogP contribution >= 0.6 is 11.3 Å². The molecule has 1 aromatic heterocycles. The lowest BCUT2D eigenvalue weighted by Crippen LogP contribution is -2.41. The van der Waals surface area contributed by atoms with E-state index in [0.717, 1.165) is 29.8 Å². The van der Waals surface area contributed by atoms with Crippen molar-refractivity contribution in [3.63, 3.8) is 0 Å². The predicted octanol–water partition coefficient (Wildman–Crippen LogP) is 1.55. The highest BCUT2D eigenvalue weighted by Crippen LogP contribution is 2.37. The normalized spacial score (nSPS) is 16.6. The number of likely N-dealkylation sites (N-methyl/N-ethyl adjacent to an activating group) is 1. The van der Waals surface area contributed by atoms with Crippen molar-refractivity contribution >= 4 is 44.1 Å². The van der Waals surface area contributed by atoms with Crippen molar-refractivity contribution in [1.29, 1.82) is 0 Å². The maximum Gasteiger partial charge on any atom is 0.272 e. The van der Waals surface area contributed by atoms with Crippen LogP contribution in [0.2, 0.25) is 0 Å². The molecule has 10 nitrogen and oxygen atoms in total. The number of amides is 3. The maximum atomic E-state index is 13.0. The van der Waals surface area contributed by atoms with Gasteiger partial charge in [-0.3, -0.25) is 25.2 Å². The molecule has 34 heavy (non-hydrogen) atoms. The number of hydrogen-bond donors (Lipinski definition) is 3. The molecule has 2 aliphatic rings. The minimum atomic E-state index is -3.57. The lowest BCUT2D eigenvalue weighted by atomic mass is 10.0. The summed E-state index contributed by atoms with van der Waals surface area (Å²) < 4.78 is 26.9. The molecule has 0 radical (unpaired) electrons. The number of nitrogens with zero attached hydrogens (tertiary/aromatic N) is 2. The Kier molecular flexibility index (Phi) is 7.03. The van der Waals surface area contributed by atoms with Crippen LogP contribution < -0.4 is 16.2 Å². The van der Waals surface area contributed by atoms with E-state index < -0.39 is 27.7 Å². The molecule has 4 rings (SSSR count). The van der Waals surface area contributed by atoms with Crippen molar-refractivity contribution in [2.24, 2.45) is 0 Å². The molecule has 0 aliphatic carbocycles. The molecule has 1 aromatic carbocycles. The third-order valence-electron chi connectivity index (χ3n) is 5.87. The van der Waals surface area contributed by atoms with Gasteiger partial charge in [0.15, 0.2) is 0 Å². The summed E-state index contributed by atoms with van der Waals surface area (Å²) in [6, 6.07) is 5.80. The number of sulfonamides is 1. The predicted molar refractivity (Wildman–Crippen MR) is 128 cm³/mol. The minimum absolute atomic E-state index is 0.149. The van der Waals surface area contributed by atoms with Gasteiger partial charge in [-0.25, -0.2) is 8.42 Å². The standard InChI is InChI=1S/C22H27N5O5S2/c1-14(28)24-25-21(30)19-17-9-12-26(2)13-18(17)33-22(19)23-20(29)15-5-7-16(8-6-15)34(31,32)27-10-3-4-11-27/h5-8H,3-4,9-13H2,1-2H3,(H,23,29)(H,24,28)(H,25,30). The molecule has 2 aromatic rings. The van der Waals surface area contributed by atoms with Crippen molar-refractivity contribution in [3.8, 4) is 0 Å². The fraction of sp³-hybridized carbons (Fsp3) is 0.409. The van der Waals surface area contributed by atoms with E-state index in [4.69, 9.17) is 0 Å². The van der Waals surface area contributed by atoms with E-state index >= 15 is 0 Å². The van der Waals surface area contributed by atoms with Gasteiger partial charge >= 0.3 is 0 Å². The molecule has 0 spiro atoms. The van der Waals surface area contributed by atoms with Crippen LogP contribution in [-0.4, -0.2) is 62.0 Å². The van der Waals surface area contributed by atoms with Crippen LogP contribution in [0.25, 0.3) is 0 Å². The number of nitrogens with one attached hydrogen (secondary N) is 3. The Morgan fingerprint density at radius 1 is 0.971 bits per heavy atom. The topological polar surface area (TPSA) is 128 Å². The third-order valence-corrected chi connectivity index (χ3v) is 8.92. The number of hydrazine groups is 1. The Labute approximate surface area is 202 Å². The SMILES string of the molecule is CC(=O)NNC(=O)c1c(NC(=O)c2ccc(S(=O)(=O)N3CCCC3)cc2)sc2c1CCN(C)C2. The van der Waals surface area contributed by atoms with E-state index in [1.807, 2.05) is 7.05 Å². The van der Waals surface area contributed by atoms with Crippen molar-refractivity contribution in [1.82, 2.24) is 20.1 Å². The first kappa shape index (κ1) is 24.3. The minimum Gasteiger partial charge on any atom is -0.313 e. The third kappa shape index (κ3) is 4.99. The highest BCUT2D eigenvalue weighted by molar-refractivity contribution is 7.89. The first-order chi connectivity index (χ1) is 16.2. The largest absolute Gasteiger partial charge is 0.313 e. The second-order valence-corrected chi connectivity index (χ2v) is 11.5. The quantitative estimate of drug-likeness (QED) is 0.529. The van der Waals surface area contributed by atoms with Gasteiger partial charge < -0.3 is 10.2 Å². The number of anilines is 1. The molecule has 182 valence electrons. The van der Waals surface area contributed by atoms with Crippen molar-refractivity contribution in [3.05, 3.63) is 45.8 Å². The molecular formula is C22H27N5O5S2. The highest BCUT2D eigenvalue weighted by atomic mass is 32.2. The Balaban J connectivity index is 1.56. The summed E-state index contributed by atoms with van der Waals surface area (Å²) in [4.78, 5) is 40.3. The second-order valence-electron chi connectivity index (χ2n) is 8.42. The van der Waals surface area contributed by atoms with Gasteiger partial charge in [-0.05, 0) is 56.1 Å². The Hall–Kier alpha value is -2.80. The number of fused-ring (bicyclic) bond motifs is 1. The molecule has 3 amide bonds. The number of rotatable bonds is 5. The van der Waals surface area contributed by atoms with Gasteiger partial charge in [-0.15, -0.1) is 11.3 Å². The molecule has 1 fully saturated rings. The summed E-state index contributed by atoms with van der Waals surface area (Å²) in [7, 11) is -1.59. The van der Waals surface area contributed by atoms with Crippen LogP contribution in [0, 0.1) is 0 Å². The zero-order valence-corrected chi connectivity index (χ0v) is 20.6. The van der Waals surface area contributed by atoms with Crippen molar-refractivity contribution in [2.75, 3.05) is 32.0 Å². The van der Waals surface area contributed by atoms with Gasteiger partial charge in [0.2, 0.25) is 15.9 Å². The lowest BCUT2D eigenvalue weighted by Gasteiger charge is -2.22. The molecule has 1 saturated heterocycles. The molecule has 2 aliphatic heterocycles. The van der Waals surface area contributed by atoms with E-state index in [1.54, 1.807) is 0 Å². The first-order valence-electron chi connectivity index (χ1n) is 11.0. The Bertz CT molecular complexity index is 1220. The molecule has 0 unspecified atom stereocenters. The number of hydrogen-bond acceptors (Lipinski definition) is 7. The van der Waals surface area contributed by atoms with Gasteiger partial charge in [0.25, 0.3) is 11.8 Å². The molecule has 12 heteroatoms. The monoisotopic (exact) mass is 505 g/mol. The number of thiophene rings is 1. The Morgan fingerprint density at radius 2 is 1.65 bits per heavy atom. The molecule has 0 atom stereocenters. The van der Waals surface area contributed by atoms with Gasteiger partial charge in [0.05, 0.1) is 10.5 Å². The van der Waals surface area contributed by atoms with Gasteiger partial charge in [0, 0.05) is 43.5 Å². The summed E-state index contributed by atoms with van der Waals surface area (Å²) >= 11 is 1.33. The smallest absolute Gasteiger partial charge is 0.272 e. The summed E-state index contributed by atoms with van der Waals surface area (Å²) in [6.07, 6.45) is 2.33. The van der Waals surface area contributed by atoms with Gasteiger partial charge in [0.1, 0.15) is 5.00 Å². The van der Waals surface area contributed by atoms with Crippen LogP contribution in [0.15, 0.2) is 29.2 Å². The van der Waals surface area contributed by atoms with E-state index in [1.165, 1.54) is 46.8 Å². The fourth-order valence-electron chi connectivity index (χ4n) is 4.10. The Morgan fingerprint density at radius 3 is 2.29 bits per heavy atom. The summed E-state index contributed by atoms with van der Waals surface area (Å²) in [6.45, 7) is 3.72. The summed E-state index contributed by atoms with van der Waals surface area (Å²) in [5.41, 5.74) is 6.14. The zero-order valence-electron chi connectivity index (χ0n) is 19.0. The van der Waals surface area contributed by atoms with Crippen LogP contribution in [0.5, 0.6) is 0 Å². The molecule has 3 N–H and O–H groups in total. The van der Waals surface area contributed by atoms with Gasteiger partial charge in [-0.2, -0.15) is 4.31 Å². The van der Waals surface area contributed by atoms with E-state index in [-0.39, 0.29) is 10.5 Å². The second kappa shape index (κ2) is 9.82. The van der Waals surface area contributed by atoms with Crippen LogP contribution in [0.4, 0.5) is 5.00 Å². The first-order valence-corrected chi connectivity index (χ1v) is 13.2. The van der Waals surface area contributed by atoms with E-state index in [9.17, 15) is 22.8 Å². The lowest BCUT2D eigenvalue weighted by molar-refractivity contribution is -0.119. The number of benzene rings is 1. The highest BCUT2D eigenvalue weighted by Gasteiger charge is 2.29. The van der Waals surface area contributed by atoms with Crippen LogP contribution in [0.1, 0.15) is 50.9 Å². The van der Waals surface area contributed by atoms with Crippen molar-refractivity contribution < 1.29 is 22.8 Å². The molecule has 0 bridgehead atoms. The van der Waals surface area contributed by atoms with Crippen LogP contribution in [-0.2, 0) is 27.8 Å². The van der Waals surface area contributed by atoms with E-state index in [0.29, 0.717) is 36.6 Å². The molecule has 3 heterocycles.